The summed E-state index contributed by atoms with van der Waals surface area (Å²) in [5.74, 6) is -2.29. The summed E-state index contributed by atoms with van der Waals surface area (Å²) in [6, 6.07) is 0. The van der Waals surface area contributed by atoms with Crippen molar-refractivity contribution in [1.82, 2.24) is 0 Å². The number of carbonyl (C=O) groups is 4. The summed E-state index contributed by atoms with van der Waals surface area (Å²) in [6.07, 6.45) is 79.1. The predicted molar refractivity (Wildman–Crippen MR) is 408 cm³/mol. The fourth-order valence-corrected chi connectivity index (χ4v) is 11.7. The number of phosphoric acid groups is 2. The summed E-state index contributed by atoms with van der Waals surface area (Å²) in [7, 11) is -9.97. The first-order valence-electron chi connectivity index (χ1n) is 38.8. The van der Waals surface area contributed by atoms with E-state index in [-0.39, 0.29) is 25.7 Å². The molecule has 17 nitrogen and oxygen atoms in total. The largest absolute Gasteiger partial charge is 0.472 e. The third kappa shape index (κ3) is 71.8. The molecular weight excluding hydrogens is 1310 g/mol. The summed E-state index contributed by atoms with van der Waals surface area (Å²) in [4.78, 5) is 72.8. The number of esters is 4. The van der Waals surface area contributed by atoms with Crippen LogP contribution in [-0.4, -0.2) is 96.7 Å². The van der Waals surface area contributed by atoms with Gasteiger partial charge in [-0.1, -0.05) is 284 Å². The van der Waals surface area contributed by atoms with Crippen LogP contribution < -0.4 is 0 Å². The molecule has 5 unspecified atom stereocenters. The topological polar surface area (TPSA) is 237 Å². The highest BCUT2D eigenvalue weighted by Gasteiger charge is 2.30. The van der Waals surface area contributed by atoms with E-state index in [9.17, 15) is 43.2 Å². The number of unbranched alkanes of at least 4 members (excludes halogenated alkanes) is 26. The molecule has 0 aliphatic heterocycles. The maximum Gasteiger partial charge on any atom is 0.472 e. The molecule has 19 heteroatoms. The molecule has 0 spiro atoms. The van der Waals surface area contributed by atoms with Crippen molar-refractivity contribution >= 4 is 39.5 Å². The average Bonchev–Trinajstić information content (AvgIpc) is 0.935. The van der Waals surface area contributed by atoms with Gasteiger partial charge in [0.15, 0.2) is 12.2 Å². The minimum atomic E-state index is -4.99. The number of rotatable bonds is 72. The summed E-state index contributed by atoms with van der Waals surface area (Å²) in [6.45, 7) is 4.53. The lowest BCUT2D eigenvalue weighted by Gasteiger charge is -2.21. The van der Waals surface area contributed by atoms with Crippen LogP contribution in [0.1, 0.15) is 310 Å². The lowest BCUT2D eigenvalue weighted by atomic mass is 10.0. The van der Waals surface area contributed by atoms with Crippen molar-refractivity contribution < 1.29 is 80.2 Å². The van der Waals surface area contributed by atoms with Gasteiger partial charge < -0.3 is 33.8 Å². The second kappa shape index (κ2) is 72.8. The van der Waals surface area contributed by atoms with Crippen LogP contribution in [-0.2, 0) is 65.4 Å². The van der Waals surface area contributed by atoms with Gasteiger partial charge in [0.1, 0.15) is 19.3 Å². The van der Waals surface area contributed by atoms with Gasteiger partial charge in [0.05, 0.1) is 26.4 Å². The second-order valence-corrected chi connectivity index (χ2v) is 28.4. The van der Waals surface area contributed by atoms with E-state index in [0.717, 1.165) is 148 Å². The Morgan fingerprint density at radius 2 is 0.540 bits per heavy atom. The Hall–Kier alpha value is -4.54. The molecule has 0 aromatic rings. The van der Waals surface area contributed by atoms with Crippen LogP contribution in [0, 0.1) is 0 Å². The fourth-order valence-electron chi connectivity index (χ4n) is 10.1. The van der Waals surface area contributed by atoms with Gasteiger partial charge in [0, 0.05) is 25.7 Å². The first kappa shape index (κ1) is 95.5. The molecule has 0 fully saturated rings. The molecule has 100 heavy (non-hydrogen) atoms. The lowest BCUT2D eigenvalue weighted by Crippen LogP contribution is -2.30. The highest BCUT2D eigenvalue weighted by molar-refractivity contribution is 7.47. The normalized spacial score (nSPS) is 14.6. The molecule has 0 bridgehead atoms. The highest BCUT2D eigenvalue weighted by atomic mass is 31.2. The van der Waals surface area contributed by atoms with Crippen molar-refractivity contribution in [2.45, 2.75) is 329 Å². The molecule has 0 radical (unpaired) electrons. The predicted octanol–water partition coefficient (Wildman–Crippen LogP) is 22.3. The Kier molecular flexibility index (Phi) is 69.5. The van der Waals surface area contributed by atoms with Gasteiger partial charge in [-0.05, 0) is 122 Å². The number of phosphoric ester groups is 2. The maximum absolute atomic E-state index is 13.1. The molecule has 574 valence electrons. The van der Waals surface area contributed by atoms with E-state index in [1.165, 1.54) is 77.0 Å². The summed E-state index contributed by atoms with van der Waals surface area (Å²) in [5.41, 5.74) is 0. The van der Waals surface area contributed by atoms with Gasteiger partial charge in [0.2, 0.25) is 0 Å². The monoisotopic (exact) mass is 1440 g/mol. The zero-order valence-corrected chi connectivity index (χ0v) is 64.4. The van der Waals surface area contributed by atoms with Gasteiger partial charge in [-0.25, -0.2) is 9.13 Å². The van der Waals surface area contributed by atoms with Crippen LogP contribution in [0.4, 0.5) is 0 Å². The molecule has 0 saturated heterocycles. The van der Waals surface area contributed by atoms with E-state index in [1.807, 2.05) is 18.2 Å². The molecule has 0 amide bonds. The van der Waals surface area contributed by atoms with E-state index in [2.05, 4.69) is 131 Å². The van der Waals surface area contributed by atoms with Crippen molar-refractivity contribution in [3.05, 3.63) is 122 Å². The first-order valence-corrected chi connectivity index (χ1v) is 41.8. The maximum atomic E-state index is 13.1. The van der Waals surface area contributed by atoms with Crippen LogP contribution in [0.3, 0.4) is 0 Å². The van der Waals surface area contributed by atoms with Gasteiger partial charge in [-0.2, -0.15) is 0 Å². The van der Waals surface area contributed by atoms with Crippen molar-refractivity contribution in [3.63, 3.8) is 0 Å². The van der Waals surface area contributed by atoms with Gasteiger partial charge >= 0.3 is 39.5 Å². The van der Waals surface area contributed by atoms with E-state index in [4.69, 9.17) is 37.0 Å². The second-order valence-electron chi connectivity index (χ2n) is 25.5. The van der Waals surface area contributed by atoms with Gasteiger partial charge in [0.25, 0.3) is 0 Å². The van der Waals surface area contributed by atoms with Crippen LogP contribution in [0.15, 0.2) is 122 Å². The molecule has 0 aromatic heterocycles. The van der Waals surface area contributed by atoms with Crippen molar-refractivity contribution in [3.8, 4) is 0 Å². The van der Waals surface area contributed by atoms with E-state index < -0.39 is 97.5 Å². The Morgan fingerprint density at radius 1 is 0.290 bits per heavy atom. The smallest absolute Gasteiger partial charge is 0.462 e. The zero-order chi connectivity index (χ0) is 73.2. The van der Waals surface area contributed by atoms with E-state index in [0.29, 0.717) is 32.1 Å². The number of aliphatic hydroxyl groups excluding tert-OH is 1. The SMILES string of the molecule is CC/C=C\C/C=C\C/C=C\C/C=C\C/C=C\C/C=C\CCC(=O)OCC(COP(=O)(O)OCC(O)COP(=O)(O)OCC(COC(=O)CCCCCCC/C=C\C/C=C\C/C=C\CC)OC(=O)CCCCCCC/C=C\CCCCCC)OC(=O)CCCCCCCCCCCCCCC. The number of allylic oxidation sites excluding steroid dienone is 20. The summed E-state index contributed by atoms with van der Waals surface area (Å²) >= 11 is 0. The third-order valence-electron chi connectivity index (χ3n) is 15.9. The number of carbonyl (C=O) groups excluding carboxylic acids is 4. The summed E-state index contributed by atoms with van der Waals surface area (Å²) < 4.78 is 68.4. The molecule has 0 aliphatic carbocycles. The molecule has 0 aromatic carbocycles. The van der Waals surface area contributed by atoms with Crippen LogP contribution in [0.25, 0.3) is 0 Å². The molecule has 0 rings (SSSR count). The van der Waals surface area contributed by atoms with Crippen molar-refractivity contribution in [2.75, 3.05) is 39.6 Å². The Labute approximate surface area is 606 Å². The lowest BCUT2D eigenvalue weighted by molar-refractivity contribution is -0.161. The average molecular weight is 1450 g/mol. The van der Waals surface area contributed by atoms with Crippen LogP contribution >= 0.6 is 15.6 Å². The van der Waals surface area contributed by atoms with Crippen molar-refractivity contribution in [2.24, 2.45) is 0 Å². The number of hydrogen-bond donors (Lipinski definition) is 3. The highest BCUT2D eigenvalue weighted by Crippen LogP contribution is 2.45. The fraction of sp³-hybridized carbons (Fsp3) is 0.704. The molecule has 0 aliphatic rings. The molecule has 0 saturated carbocycles. The number of aliphatic hydroxyl groups is 1. The van der Waals surface area contributed by atoms with Crippen LogP contribution in [0.5, 0.6) is 0 Å². The Balaban J connectivity index is 5.41. The van der Waals surface area contributed by atoms with Crippen LogP contribution in [0.2, 0.25) is 0 Å². The van der Waals surface area contributed by atoms with E-state index >= 15 is 0 Å². The van der Waals surface area contributed by atoms with Crippen molar-refractivity contribution in [1.29, 1.82) is 0 Å². The summed E-state index contributed by atoms with van der Waals surface area (Å²) in [5, 5.41) is 10.6. The Morgan fingerprint density at radius 3 is 0.880 bits per heavy atom. The third-order valence-corrected chi connectivity index (χ3v) is 17.8. The first-order chi connectivity index (χ1) is 48.7. The molecule has 3 N–H and O–H groups in total. The van der Waals surface area contributed by atoms with E-state index in [1.54, 1.807) is 0 Å². The number of ether oxygens (including phenoxy) is 4. The minimum absolute atomic E-state index is 0.0359. The van der Waals surface area contributed by atoms with Gasteiger partial charge in [-0.15, -0.1) is 0 Å². The molecule has 0 heterocycles. The molecule has 5 atom stereocenters. The van der Waals surface area contributed by atoms with Gasteiger partial charge in [-0.3, -0.25) is 37.3 Å². The quantitative estimate of drug-likeness (QED) is 0.0169. The Bertz CT molecular complexity index is 2370. The number of hydrogen-bond acceptors (Lipinski definition) is 15. The minimum Gasteiger partial charge on any atom is -0.462 e. The standard InChI is InChI=1S/C81H138O17P2/c1-5-9-13-17-21-25-29-33-35-36-37-38-40-44-46-50-54-58-62-66-79(84)92-72-77(98-81(86)68-64-60-56-52-48-42-32-28-24-20-16-12-8-4)74-96-100(89,90)94-70-75(82)69-93-99(87,88)95-73-76(97-80(85)67-63-59-55-51-47-41-31-27-23-19-15-11-7-3)71-91-78(83)65-61-57-53-49-45-43-39-34-30-26-22-18-14-10-6-2/h9-10,13-14,21-22,25-27,31,33-35,37-39,44,46,54,58,75-77,82H,5-8,11-12,15-20,23-24,28-30,32,36,40-43,45,47-53,55-57,59-74H2,1-4H3,(H,87,88)(H,89,90)/b13-9-,14-10-,25-21-,26-22-,31-27-,35-33-,38-37-,39-34-,46-44-,58-54-. The zero-order valence-electron chi connectivity index (χ0n) is 62.6. The molecular formula is C81H138O17P2.